The van der Waals surface area contributed by atoms with E-state index in [9.17, 15) is 4.79 Å². The van der Waals surface area contributed by atoms with Crippen molar-refractivity contribution in [3.8, 4) is 0 Å². The molecule has 0 aliphatic heterocycles. The number of carbonyl (C=O) groups is 1. The minimum Gasteiger partial charge on any atom is -0.318 e. The van der Waals surface area contributed by atoms with Gasteiger partial charge in [0, 0.05) is 0 Å². The first kappa shape index (κ1) is 7.48. The second-order valence-corrected chi connectivity index (χ2v) is 2.69. The van der Waals surface area contributed by atoms with E-state index in [-0.39, 0.29) is 6.04 Å². The number of rotatable bonds is 2. The number of aldehydes is 1. The van der Waals surface area contributed by atoms with Crippen molar-refractivity contribution in [1.29, 1.82) is 0 Å². The van der Waals surface area contributed by atoms with Gasteiger partial charge in [-0.05, 0) is 25.7 Å². The summed E-state index contributed by atoms with van der Waals surface area (Å²) in [4.78, 5) is 10.2. The SMILES string of the molecule is NC(C=O)C1=CCCCC1. The lowest BCUT2D eigenvalue weighted by Crippen LogP contribution is -2.24. The minimum atomic E-state index is -0.333. The molecule has 0 heterocycles. The molecule has 0 saturated heterocycles. The quantitative estimate of drug-likeness (QED) is 0.458. The summed E-state index contributed by atoms with van der Waals surface area (Å²) in [7, 11) is 0. The normalized spacial score (nSPS) is 21.5. The van der Waals surface area contributed by atoms with Gasteiger partial charge in [0.2, 0.25) is 0 Å². The van der Waals surface area contributed by atoms with E-state index in [0.717, 1.165) is 24.7 Å². The second kappa shape index (κ2) is 3.52. The zero-order chi connectivity index (χ0) is 7.40. The van der Waals surface area contributed by atoms with Gasteiger partial charge in [0.05, 0.1) is 6.04 Å². The molecule has 0 aromatic rings. The zero-order valence-electron chi connectivity index (χ0n) is 6.05. The molecule has 56 valence electrons. The van der Waals surface area contributed by atoms with Crippen LogP contribution in [0.4, 0.5) is 0 Å². The second-order valence-electron chi connectivity index (χ2n) is 2.69. The average molecular weight is 139 g/mol. The van der Waals surface area contributed by atoms with Crippen molar-refractivity contribution in [3.05, 3.63) is 11.6 Å². The lowest BCUT2D eigenvalue weighted by atomic mass is 9.95. The summed E-state index contributed by atoms with van der Waals surface area (Å²) in [6.45, 7) is 0. The Hall–Kier alpha value is -0.630. The van der Waals surface area contributed by atoms with Crippen molar-refractivity contribution in [2.45, 2.75) is 31.7 Å². The van der Waals surface area contributed by atoms with E-state index in [1.165, 1.54) is 12.8 Å². The Bertz CT molecular complexity index is 151. The van der Waals surface area contributed by atoms with Crippen LogP contribution in [0.5, 0.6) is 0 Å². The molecule has 1 aliphatic carbocycles. The molecule has 0 saturated carbocycles. The van der Waals surface area contributed by atoms with Gasteiger partial charge in [0.15, 0.2) is 0 Å². The topological polar surface area (TPSA) is 43.1 Å². The molecule has 0 fully saturated rings. The first-order chi connectivity index (χ1) is 4.84. The predicted octanol–water partition coefficient (Wildman–Crippen LogP) is 1.01. The van der Waals surface area contributed by atoms with E-state index in [0.29, 0.717) is 0 Å². The Morgan fingerprint density at radius 2 is 2.40 bits per heavy atom. The van der Waals surface area contributed by atoms with E-state index < -0.39 is 0 Å². The van der Waals surface area contributed by atoms with Gasteiger partial charge in [-0.1, -0.05) is 11.6 Å². The van der Waals surface area contributed by atoms with Crippen molar-refractivity contribution in [2.75, 3.05) is 0 Å². The van der Waals surface area contributed by atoms with Crippen LogP contribution in [0.2, 0.25) is 0 Å². The van der Waals surface area contributed by atoms with Crippen molar-refractivity contribution < 1.29 is 4.79 Å². The van der Waals surface area contributed by atoms with E-state index in [1.807, 2.05) is 0 Å². The third-order valence-electron chi connectivity index (χ3n) is 1.90. The number of carbonyl (C=O) groups excluding carboxylic acids is 1. The molecular formula is C8H13NO. The van der Waals surface area contributed by atoms with Gasteiger partial charge in [0.25, 0.3) is 0 Å². The van der Waals surface area contributed by atoms with Gasteiger partial charge in [-0.3, -0.25) is 0 Å². The Labute approximate surface area is 61.1 Å². The van der Waals surface area contributed by atoms with Crippen LogP contribution in [0.3, 0.4) is 0 Å². The van der Waals surface area contributed by atoms with Gasteiger partial charge >= 0.3 is 0 Å². The first-order valence-electron chi connectivity index (χ1n) is 3.74. The number of hydrogen-bond acceptors (Lipinski definition) is 2. The summed E-state index contributed by atoms with van der Waals surface area (Å²) in [6.07, 6.45) is 7.46. The molecule has 0 aromatic carbocycles. The molecule has 1 aliphatic rings. The summed E-state index contributed by atoms with van der Waals surface area (Å²) in [5.74, 6) is 0. The Morgan fingerprint density at radius 3 is 2.90 bits per heavy atom. The van der Waals surface area contributed by atoms with Crippen LogP contribution in [-0.4, -0.2) is 12.3 Å². The molecule has 1 rings (SSSR count). The molecule has 2 heteroatoms. The Morgan fingerprint density at radius 1 is 1.60 bits per heavy atom. The summed E-state index contributed by atoms with van der Waals surface area (Å²) in [6, 6.07) is -0.333. The molecule has 0 spiro atoms. The van der Waals surface area contributed by atoms with E-state index in [1.54, 1.807) is 0 Å². The smallest absolute Gasteiger partial charge is 0.140 e. The highest BCUT2D eigenvalue weighted by molar-refractivity contribution is 5.62. The maximum atomic E-state index is 10.2. The highest BCUT2D eigenvalue weighted by Crippen LogP contribution is 2.18. The number of nitrogens with two attached hydrogens (primary N) is 1. The van der Waals surface area contributed by atoms with Crippen LogP contribution < -0.4 is 5.73 Å². The largest absolute Gasteiger partial charge is 0.318 e. The monoisotopic (exact) mass is 139 g/mol. The van der Waals surface area contributed by atoms with E-state index >= 15 is 0 Å². The highest BCUT2D eigenvalue weighted by atomic mass is 16.1. The summed E-state index contributed by atoms with van der Waals surface area (Å²) in [5.41, 5.74) is 6.64. The van der Waals surface area contributed by atoms with Crippen LogP contribution in [0.25, 0.3) is 0 Å². The van der Waals surface area contributed by atoms with Crippen LogP contribution in [0, 0.1) is 0 Å². The molecule has 1 unspecified atom stereocenters. The average Bonchev–Trinajstić information content (AvgIpc) is 2.05. The van der Waals surface area contributed by atoms with Crippen molar-refractivity contribution in [1.82, 2.24) is 0 Å². The number of hydrogen-bond donors (Lipinski definition) is 1. The minimum absolute atomic E-state index is 0.333. The zero-order valence-corrected chi connectivity index (χ0v) is 6.05. The van der Waals surface area contributed by atoms with Crippen LogP contribution in [0.15, 0.2) is 11.6 Å². The van der Waals surface area contributed by atoms with Gasteiger partial charge in [-0.2, -0.15) is 0 Å². The summed E-state index contributed by atoms with van der Waals surface area (Å²) >= 11 is 0. The fourth-order valence-electron chi connectivity index (χ4n) is 1.25. The molecular weight excluding hydrogens is 126 g/mol. The lowest BCUT2D eigenvalue weighted by molar-refractivity contribution is -0.108. The fourth-order valence-corrected chi connectivity index (χ4v) is 1.25. The van der Waals surface area contributed by atoms with Gasteiger partial charge < -0.3 is 10.5 Å². The third-order valence-corrected chi connectivity index (χ3v) is 1.90. The van der Waals surface area contributed by atoms with Crippen LogP contribution in [-0.2, 0) is 4.79 Å². The molecule has 2 nitrogen and oxygen atoms in total. The number of allylic oxidation sites excluding steroid dienone is 1. The highest BCUT2D eigenvalue weighted by Gasteiger charge is 2.09. The van der Waals surface area contributed by atoms with Crippen molar-refractivity contribution >= 4 is 6.29 Å². The van der Waals surface area contributed by atoms with E-state index in [2.05, 4.69) is 6.08 Å². The van der Waals surface area contributed by atoms with Gasteiger partial charge in [-0.25, -0.2) is 0 Å². The van der Waals surface area contributed by atoms with Gasteiger partial charge in [-0.15, -0.1) is 0 Å². The van der Waals surface area contributed by atoms with Crippen molar-refractivity contribution in [2.24, 2.45) is 5.73 Å². The molecule has 0 aromatic heterocycles. The first-order valence-corrected chi connectivity index (χ1v) is 3.74. The molecule has 2 N–H and O–H groups in total. The maximum Gasteiger partial charge on any atom is 0.140 e. The summed E-state index contributed by atoms with van der Waals surface area (Å²) < 4.78 is 0. The lowest BCUT2D eigenvalue weighted by Gasteiger charge is -2.14. The van der Waals surface area contributed by atoms with E-state index in [4.69, 9.17) is 5.73 Å². The summed E-state index contributed by atoms with van der Waals surface area (Å²) in [5, 5.41) is 0. The third kappa shape index (κ3) is 1.67. The molecule has 1 atom stereocenters. The van der Waals surface area contributed by atoms with Crippen LogP contribution >= 0.6 is 0 Å². The van der Waals surface area contributed by atoms with Crippen LogP contribution in [0.1, 0.15) is 25.7 Å². The predicted molar refractivity (Wildman–Crippen MR) is 40.6 cm³/mol. The fraction of sp³-hybridized carbons (Fsp3) is 0.625. The molecule has 10 heavy (non-hydrogen) atoms. The Balaban J connectivity index is 2.52. The Kier molecular flexibility index (Phi) is 2.63. The maximum absolute atomic E-state index is 10.2. The molecule has 0 bridgehead atoms. The standard InChI is InChI=1S/C8H13NO/c9-8(6-10)7-4-2-1-3-5-7/h4,6,8H,1-3,5,9H2. The van der Waals surface area contributed by atoms with Gasteiger partial charge in [0.1, 0.15) is 6.29 Å². The molecule has 0 radical (unpaired) electrons. The molecule has 0 amide bonds. The van der Waals surface area contributed by atoms with Crippen molar-refractivity contribution in [3.63, 3.8) is 0 Å².